The fraction of sp³-hybridized carbons (Fsp3) is 0.188. The maximum absolute atomic E-state index is 12.7. The van der Waals surface area contributed by atoms with E-state index < -0.39 is 5.43 Å². The first-order valence-electron chi connectivity index (χ1n) is 6.63. The van der Waals surface area contributed by atoms with E-state index in [1.54, 1.807) is 0 Å². The molecule has 3 rings (SSSR count). The number of rotatable bonds is 3. The number of hydrogen-bond acceptors (Lipinski definition) is 7. The zero-order valence-electron chi connectivity index (χ0n) is 12.7. The molecule has 0 amide bonds. The smallest absolute Gasteiger partial charge is 0.208 e. The van der Waals surface area contributed by atoms with Gasteiger partial charge >= 0.3 is 0 Å². The van der Waals surface area contributed by atoms with E-state index >= 15 is 0 Å². The highest BCUT2D eigenvalue weighted by molar-refractivity contribution is 5.97. The van der Waals surface area contributed by atoms with E-state index in [9.17, 15) is 15.0 Å². The van der Waals surface area contributed by atoms with Crippen LogP contribution in [0.15, 0.2) is 27.4 Å². The van der Waals surface area contributed by atoms with E-state index in [0.717, 1.165) is 0 Å². The molecule has 1 heterocycles. The van der Waals surface area contributed by atoms with Crippen LogP contribution < -0.4 is 19.6 Å². The monoisotopic (exact) mass is 318 g/mol. The number of phenolic OH excluding ortho intramolecular Hbond substituents is 2. The minimum absolute atomic E-state index is 0.00750. The number of phenols is 2. The number of methoxy groups -OCH3 is 3. The van der Waals surface area contributed by atoms with Gasteiger partial charge in [0.2, 0.25) is 16.9 Å². The molecule has 0 saturated heterocycles. The van der Waals surface area contributed by atoms with E-state index in [4.69, 9.17) is 18.6 Å². The van der Waals surface area contributed by atoms with Gasteiger partial charge in [-0.25, -0.2) is 0 Å². The van der Waals surface area contributed by atoms with Crippen LogP contribution in [0, 0.1) is 0 Å². The summed E-state index contributed by atoms with van der Waals surface area (Å²) >= 11 is 0. The molecule has 0 saturated carbocycles. The lowest BCUT2D eigenvalue weighted by Crippen LogP contribution is -2.04. The van der Waals surface area contributed by atoms with Gasteiger partial charge in [-0.15, -0.1) is 0 Å². The summed E-state index contributed by atoms with van der Waals surface area (Å²) in [5.74, 6) is -0.179. The van der Waals surface area contributed by atoms with Crippen molar-refractivity contribution in [1.82, 2.24) is 0 Å². The molecule has 1 aromatic heterocycles. The van der Waals surface area contributed by atoms with Crippen LogP contribution in [0.4, 0.5) is 0 Å². The van der Waals surface area contributed by atoms with Crippen LogP contribution in [0.2, 0.25) is 0 Å². The predicted octanol–water partition coefficient (Wildman–Crippen LogP) is 2.38. The molecular weight excluding hydrogens is 304 g/mol. The first kappa shape index (κ1) is 14.8. The fourth-order valence-electron chi connectivity index (χ4n) is 2.47. The second-order valence-electron chi connectivity index (χ2n) is 4.79. The highest BCUT2D eigenvalue weighted by Crippen LogP contribution is 2.43. The quantitative estimate of drug-likeness (QED) is 0.715. The Morgan fingerprint density at radius 3 is 2.35 bits per heavy atom. The maximum atomic E-state index is 12.7. The number of fused-ring (bicyclic) bond motifs is 2. The predicted molar refractivity (Wildman–Crippen MR) is 83.0 cm³/mol. The SMILES string of the molecule is COc1cc(O)c2c(=O)c3cc(OC)c(O)c(OC)c3oc2c1. The van der Waals surface area contributed by atoms with Crippen molar-refractivity contribution in [3.05, 3.63) is 28.4 Å². The lowest BCUT2D eigenvalue weighted by molar-refractivity contribution is 0.339. The largest absolute Gasteiger partial charge is 0.507 e. The van der Waals surface area contributed by atoms with Crippen LogP contribution in [-0.2, 0) is 0 Å². The van der Waals surface area contributed by atoms with Gasteiger partial charge in [0, 0.05) is 12.1 Å². The highest BCUT2D eigenvalue weighted by atomic mass is 16.5. The van der Waals surface area contributed by atoms with Gasteiger partial charge in [0.25, 0.3) is 0 Å². The Bertz CT molecular complexity index is 972. The van der Waals surface area contributed by atoms with Crippen molar-refractivity contribution in [3.8, 4) is 28.7 Å². The van der Waals surface area contributed by atoms with Crippen LogP contribution in [0.1, 0.15) is 0 Å². The van der Waals surface area contributed by atoms with Crippen LogP contribution >= 0.6 is 0 Å². The van der Waals surface area contributed by atoms with Gasteiger partial charge in [0.1, 0.15) is 22.5 Å². The molecule has 0 fully saturated rings. The van der Waals surface area contributed by atoms with Crippen molar-refractivity contribution < 1.29 is 28.8 Å². The average Bonchev–Trinajstić information content (AvgIpc) is 2.54. The first-order chi connectivity index (χ1) is 11.0. The summed E-state index contributed by atoms with van der Waals surface area (Å²) in [6.07, 6.45) is 0. The van der Waals surface area contributed by atoms with Crippen molar-refractivity contribution in [2.24, 2.45) is 0 Å². The molecule has 0 unspecified atom stereocenters. The van der Waals surface area contributed by atoms with E-state index in [-0.39, 0.29) is 44.9 Å². The van der Waals surface area contributed by atoms with E-state index in [2.05, 4.69) is 0 Å². The molecule has 23 heavy (non-hydrogen) atoms. The molecule has 0 aliphatic carbocycles. The third kappa shape index (κ3) is 2.09. The van der Waals surface area contributed by atoms with Crippen molar-refractivity contribution in [3.63, 3.8) is 0 Å². The molecule has 0 aliphatic heterocycles. The van der Waals surface area contributed by atoms with Gasteiger partial charge < -0.3 is 28.8 Å². The van der Waals surface area contributed by atoms with Crippen LogP contribution in [0.5, 0.6) is 28.7 Å². The highest BCUT2D eigenvalue weighted by Gasteiger charge is 2.21. The molecule has 7 nitrogen and oxygen atoms in total. The van der Waals surface area contributed by atoms with Crippen LogP contribution in [-0.4, -0.2) is 31.5 Å². The Kier molecular flexibility index (Phi) is 3.40. The lowest BCUT2D eigenvalue weighted by Gasteiger charge is -2.12. The molecule has 2 aromatic carbocycles. The average molecular weight is 318 g/mol. The molecule has 2 N–H and O–H groups in total. The second-order valence-corrected chi connectivity index (χ2v) is 4.79. The summed E-state index contributed by atoms with van der Waals surface area (Å²) in [5.41, 5.74) is -0.309. The summed E-state index contributed by atoms with van der Waals surface area (Å²) in [6, 6.07) is 4.12. The van der Waals surface area contributed by atoms with Gasteiger partial charge in [0.15, 0.2) is 11.3 Å². The van der Waals surface area contributed by atoms with Gasteiger partial charge in [-0.2, -0.15) is 0 Å². The molecule has 0 aliphatic rings. The molecule has 0 atom stereocenters. The lowest BCUT2D eigenvalue weighted by atomic mass is 10.1. The van der Waals surface area contributed by atoms with Crippen molar-refractivity contribution in [1.29, 1.82) is 0 Å². The van der Waals surface area contributed by atoms with Gasteiger partial charge in [-0.3, -0.25) is 4.79 Å². The summed E-state index contributed by atoms with van der Waals surface area (Å²) in [7, 11) is 4.11. The summed E-state index contributed by atoms with van der Waals surface area (Å²) < 4.78 is 20.9. The normalized spacial score (nSPS) is 10.9. The van der Waals surface area contributed by atoms with Crippen molar-refractivity contribution in [2.45, 2.75) is 0 Å². The molecular formula is C16H14O7. The maximum Gasteiger partial charge on any atom is 0.208 e. The van der Waals surface area contributed by atoms with E-state index in [0.29, 0.717) is 5.75 Å². The summed E-state index contributed by atoms with van der Waals surface area (Å²) in [5, 5.41) is 20.3. The molecule has 3 aromatic rings. The van der Waals surface area contributed by atoms with Crippen molar-refractivity contribution >= 4 is 21.9 Å². The Hall–Kier alpha value is -3.09. The zero-order valence-corrected chi connectivity index (χ0v) is 12.7. The van der Waals surface area contributed by atoms with Gasteiger partial charge in [-0.1, -0.05) is 0 Å². The minimum atomic E-state index is -0.474. The Morgan fingerprint density at radius 2 is 1.74 bits per heavy atom. The minimum Gasteiger partial charge on any atom is -0.507 e. The van der Waals surface area contributed by atoms with Crippen LogP contribution in [0.25, 0.3) is 21.9 Å². The Morgan fingerprint density at radius 1 is 1.00 bits per heavy atom. The second kappa shape index (κ2) is 5.28. The van der Waals surface area contributed by atoms with E-state index in [1.807, 2.05) is 0 Å². The van der Waals surface area contributed by atoms with Crippen molar-refractivity contribution in [2.75, 3.05) is 21.3 Å². The zero-order chi connectivity index (χ0) is 16.7. The van der Waals surface area contributed by atoms with Gasteiger partial charge in [0.05, 0.1) is 26.7 Å². The Balaban J connectivity index is 2.56. The molecule has 0 spiro atoms. The molecule has 0 bridgehead atoms. The first-order valence-corrected chi connectivity index (χ1v) is 6.63. The number of ether oxygens (including phenoxy) is 3. The third-order valence-corrected chi connectivity index (χ3v) is 3.57. The van der Waals surface area contributed by atoms with Crippen LogP contribution in [0.3, 0.4) is 0 Å². The molecule has 7 heteroatoms. The third-order valence-electron chi connectivity index (χ3n) is 3.57. The van der Waals surface area contributed by atoms with Gasteiger partial charge in [-0.05, 0) is 6.07 Å². The standard InChI is InChI=1S/C16H14O7/c1-20-7-4-9(17)12-10(5-7)23-15-8(13(12)18)6-11(21-2)14(19)16(15)22-3/h4-6,17,19H,1-3H3. The number of benzene rings is 2. The van der Waals surface area contributed by atoms with E-state index in [1.165, 1.54) is 39.5 Å². The fourth-order valence-corrected chi connectivity index (χ4v) is 2.47. The Labute approximate surface area is 130 Å². The topological polar surface area (TPSA) is 98.4 Å². The molecule has 120 valence electrons. The number of hydrogen-bond donors (Lipinski definition) is 2. The summed E-state index contributed by atoms with van der Waals surface area (Å²) in [4.78, 5) is 12.7. The summed E-state index contributed by atoms with van der Waals surface area (Å²) in [6.45, 7) is 0. The number of aromatic hydroxyl groups is 2. The molecule has 0 radical (unpaired) electrons.